The largest absolute Gasteiger partial charge is 0.353 e. The lowest BCUT2D eigenvalue weighted by Crippen LogP contribution is -2.49. The van der Waals surface area contributed by atoms with E-state index in [2.05, 4.69) is 15.3 Å². The summed E-state index contributed by atoms with van der Waals surface area (Å²) < 4.78 is 27.9. The number of rotatable bonds is 4. The molecule has 1 N–H and O–H groups in total. The Morgan fingerprint density at radius 2 is 1.58 bits per heavy atom. The van der Waals surface area contributed by atoms with E-state index in [4.69, 9.17) is 0 Å². The van der Waals surface area contributed by atoms with Crippen LogP contribution in [0.4, 0.5) is 26.1 Å². The van der Waals surface area contributed by atoms with Crippen LogP contribution in [0.25, 0.3) is 0 Å². The van der Waals surface area contributed by atoms with Gasteiger partial charge >= 0.3 is 0 Å². The quantitative estimate of drug-likeness (QED) is 0.685. The monoisotopic (exact) mass is 423 g/mol. The van der Waals surface area contributed by atoms with Gasteiger partial charge in [-0.15, -0.1) is 0 Å². The Balaban J connectivity index is 1.45. The first-order valence-corrected chi connectivity index (χ1v) is 10.1. The third-order valence-electron chi connectivity index (χ3n) is 5.22. The number of piperazine rings is 1. The number of aromatic nitrogens is 2. The number of amides is 1. The topological polar surface area (TPSA) is 61.4 Å². The molecule has 0 unspecified atom stereocenters. The van der Waals surface area contributed by atoms with Crippen molar-refractivity contribution in [1.29, 1.82) is 0 Å². The molecule has 0 saturated carbocycles. The number of carbonyl (C=O) groups excluding carboxylic acids is 1. The summed E-state index contributed by atoms with van der Waals surface area (Å²) in [5.74, 6) is -0.268. The van der Waals surface area contributed by atoms with E-state index in [1.165, 1.54) is 16.5 Å². The third kappa shape index (κ3) is 4.63. The van der Waals surface area contributed by atoms with Crippen molar-refractivity contribution in [2.24, 2.45) is 0 Å². The number of halogens is 2. The van der Waals surface area contributed by atoms with Crippen molar-refractivity contribution in [1.82, 2.24) is 14.9 Å². The van der Waals surface area contributed by atoms with Gasteiger partial charge in [0, 0.05) is 37.9 Å². The van der Waals surface area contributed by atoms with Gasteiger partial charge in [-0.25, -0.2) is 18.7 Å². The Labute approximate surface area is 179 Å². The van der Waals surface area contributed by atoms with E-state index in [0.29, 0.717) is 37.8 Å². The van der Waals surface area contributed by atoms with Crippen LogP contribution < -0.4 is 10.2 Å². The second-order valence-corrected chi connectivity index (χ2v) is 7.53. The molecule has 0 bridgehead atoms. The maximum absolute atomic E-state index is 14.0. The van der Waals surface area contributed by atoms with Gasteiger partial charge in [0.15, 0.2) is 0 Å². The first-order valence-electron chi connectivity index (χ1n) is 10.1. The first kappa shape index (κ1) is 20.7. The first-order chi connectivity index (χ1) is 14.9. The third-order valence-corrected chi connectivity index (χ3v) is 5.22. The van der Waals surface area contributed by atoms with Crippen molar-refractivity contribution in [2.45, 2.75) is 13.8 Å². The zero-order valence-corrected chi connectivity index (χ0v) is 17.4. The summed E-state index contributed by atoms with van der Waals surface area (Å²) in [7, 11) is 0. The Hall–Kier alpha value is -3.55. The summed E-state index contributed by atoms with van der Waals surface area (Å²) in [6.07, 6.45) is 0. The molecular weight excluding hydrogens is 400 g/mol. The lowest BCUT2D eigenvalue weighted by molar-refractivity contribution is 0.0736. The summed E-state index contributed by atoms with van der Waals surface area (Å²) in [5, 5.41) is 3.29. The van der Waals surface area contributed by atoms with E-state index in [0.717, 1.165) is 23.6 Å². The minimum atomic E-state index is -0.842. The Kier molecular flexibility index (Phi) is 5.79. The van der Waals surface area contributed by atoms with Crippen molar-refractivity contribution in [2.75, 3.05) is 36.4 Å². The minimum absolute atomic E-state index is 0.344. The van der Waals surface area contributed by atoms with Gasteiger partial charge in [-0.3, -0.25) is 4.79 Å². The molecule has 0 atom stereocenters. The summed E-state index contributed by atoms with van der Waals surface area (Å²) in [6.45, 7) is 5.55. The average Bonchev–Trinajstić information content (AvgIpc) is 2.75. The second kappa shape index (κ2) is 8.67. The van der Waals surface area contributed by atoms with E-state index in [9.17, 15) is 13.6 Å². The Morgan fingerprint density at radius 3 is 2.23 bits per heavy atom. The van der Waals surface area contributed by atoms with Crippen LogP contribution in [-0.2, 0) is 0 Å². The van der Waals surface area contributed by atoms with Crippen LogP contribution in [0.15, 0.2) is 48.5 Å². The number of anilines is 3. The lowest BCUT2D eigenvalue weighted by Gasteiger charge is -2.35. The zero-order chi connectivity index (χ0) is 22.0. The van der Waals surface area contributed by atoms with E-state index in [1.54, 1.807) is 0 Å². The molecule has 0 spiro atoms. The van der Waals surface area contributed by atoms with Crippen LogP contribution >= 0.6 is 0 Å². The highest BCUT2D eigenvalue weighted by molar-refractivity contribution is 5.95. The molecule has 1 amide bonds. The summed E-state index contributed by atoms with van der Waals surface area (Å²) in [5.41, 5.74) is 1.60. The van der Waals surface area contributed by atoms with Crippen LogP contribution in [0.1, 0.15) is 21.7 Å². The molecule has 0 radical (unpaired) electrons. The number of aryl methyl sites for hydroxylation is 2. The van der Waals surface area contributed by atoms with Gasteiger partial charge in [-0.1, -0.05) is 23.8 Å². The summed E-state index contributed by atoms with van der Waals surface area (Å²) in [6, 6.07) is 13.3. The fraction of sp³-hybridized carbons (Fsp3) is 0.261. The van der Waals surface area contributed by atoms with E-state index in [1.807, 2.05) is 49.1 Å². The summed E-state index contributed by atoms with van der Waals surface area (Å²) in [4.78, 5) is 25.1. The second-order valence-electron chi connectivity index (χ2n) is 7.53. The molecule has 1 saturated heterocycles. The smallest absolute Gasteiger partial charge is 0.259 e. The fourth-order valence-corrected chi connectivity index (χ4v) is 3.56. The van der Waals surface area contributed by atoms with Crippen molar-refractivity contribution in [3.05, 3.63) is 77.1 Å². The predicted octanol–water partition coefficient (Wildman–Crippen LogP) is 4.08. The van der Waals surface area contributed by atoms with E-state index >= 15 is 0 Å². The number of hydrogen-bond acceptors (Lipinski definition) is 5. The van der Waals surface area contributed by atoms with Gasteiger partial charge in [0.2, 0.25) is 0 Å². The normalized spacial score (nSPS) is 13.9. The number of carbonyl (C=O) groups is 1. The highest BCUT2D eigenvalue weighted by atomic mass is 19.1. The van der Waals surface area contributed by atoms with Crippen molar-refractivity contribution >= 4 is 23.2 Å². The van der Waals surface area contributed by atoms with E-state index in [-0.39, 0.29) is 0 Å². The molecule has 1 aliphatic heterocycles. The van der Waals surface area contributed by atoms with Gasteiger partial charge in [0.1, 0.15) is 34.7 Å². The SMILES string of the molecule is Cc1ccc(Nc2cc(N3CCN(C(=O)c4c(F)cccc4F)CC3)nc(C)n2)cc1. The van der Waals surface area contributed by atoms with Crippen LogP contribution in [0, 0.1) is 25.5 Å². The van der Waals surface area contributed by atoms with Crippen LogP contribution in [0.2, 0.25) is 0 Å². The maximum Gasteiger partial charge on any atom is 0.259 e. The molecule has 8 heteroatoms. The number of hydrogen-bond donors (Lipinski definition) is 1. The highest BCUT2D eigenvalue weighted by Crippen LogP contribution is 2.22. The average molecular weight is 423 g/mol. The number of nitrogens with one attached hydrogen (secondary N) is 1. The molecule has 1 aromatic heterocycles. The molecule has 31 heavy (non-hydrogen) atoms. The lowest BCUT2D eigenvalue weighted by atomic mass is 10.1. The molecule has 1 fully saturated rings. The van der Waals surface area contributed by atoms with E-state index < -0.39 is 23.1 Å². The van der Waals surface area contributed by atoms with Gasteiger partial charge < -0.3 is 15.1 Å². The molecule has 4 rings (SSSR count). The van der Waals surface area contributed by atoms with Crippen LogP contribution in [0.5, 0.6) is 0 Å². The van der Waals surface area contributed by atoms with Crippen LogP contribution in [-0.4, -0.2) is 47.0 Å². The van der Waals surface area contributed by atoms with Gasteiger partial charge in [-0.2, -0.15) is 0 Å². The molecule has 160 valence electrons. The van der Waals surface area contributed by atoms with Crippen molar-refractivity contribution in [3.63, 3.8) is 0 Å². The number of benzene rings is 2. The van der Waals surface area contributed by atoms with Gasteiger partial charge in [-0.05, 0) is 38.1 Å². The van der Waals surface area contributed by atoms with Gasteiger partial charge in [0.05, 0.1) is 0 Å². The van der Waals surface area contributed by atoms with Crippen molar-refractivity contribution in [3.8, 4) is 0 Å². The summed E-state index contributed by atoms with van der Waals surface area (Å²) >= 11 is 0. The molecule has 1 aliphatic rings. The minimum Gasteiger partial charge on any atom is -0.353 e. The molecule has 3 aromatic rings. The fourth-order valence-electron chi connectivity index (χ4n) is 3.56. The highest BCUT2D eigenvalue weighted by Gasteiger charge is 2.27. The molecule has 6 nitrogen and oxygen atoms in total. The molecule has 0 aliphatic carbocycles. The van der Waals surface area contributed by atoms with Crippen molar-refractivity contribution < 1.29 is 13.6 Å². The molecular formula is C23H23F2N5O. The zero-order valence-electron chi connectivity index (χ0n) is 17.4. The molecule has 2 aromatic carbocycles. The van der Waals surface area contributed by atoms with Gasteiger partial charge in [0.25, 0.3) is 5.91 Å². The Bertz CT molecular complexity index is 1080. The Morgan fingerprint density at radius 1 is 0.935 bits per heavy atom. The number of nitrogens with zero attached hydrogens (tertiary/aromatic N) is 4. The molecule has 2 heterocycles. The predicted molar refractivity (Wildman–Crippen MR) is 116 cm³/mol. The maximum atomic E-state index is 14.0. The van der Waals surface area contributed by atoms with Crippen LogP contribution in [0.3, 0.4) is 0 Å². The standard InChI is InChI=1S/C23H23F2N5O/c1-15-6-8-17(9-7-15)28-20-14-21(27-16(2)26-20)29-10-12-30(13-11-29)23(31)22-18(24)4-3-5-19(22)25/h3-9,14H,10-13H2,1-2H3,(H,26,27,28).